The van der Waals surface area contributed by atoms with Crippen molar-refractivity contribution in [2.45, 2.75) is 70.5 Å². The van der Waals surface area contributed by atoms with E-state index < -0.39 is 0 Å². The van der Waals surface area contributed by atoms with Crippen LogP contribution < -0.4 is 5.32 Å². The predicted octanol–water partition coefficient (Wildman–Crippen LogP) is 2.65. The zero-order valence-corrected chi connectivity index (χ0v) is 13.0. The topological polar surface area (TPSA) is 24.5 Å². The molecule has 1 aliphatic carbocycles. The smallest absolute Gasteiger partial charge is 0.0637 e. The number of hydrogen-bond donors (Lipinski definition) is 1. The second-order valence-corrected chi connectivity index (χ2v) is 6.49. The molecule has 3 nitrogen and oxygen atoms in total. The van der Waals surface area contributed by atoms with Gasteiger partial charge in [-0.1, -0.05) is 26.7 Å². The van der Waals surface area contributed by atoms with Gasteiger partial charge in [0.25, 0.3) is 0 Å². The molecule has 4 unspecified atom stereocenters. The maximum Gasteiger partial charge on any atom is 0.0637 e. The zero-order chi connectivity index (χ0) is 13.7. The molecular weight excluding hydrogens is 236 g/mol. The zero-order valence-electron chi connectivity index (χ0n) is 13.0. The lowest BCUT2D eigenvalue weighted by atomic mass is 9.83. The van der Waals surface area contributed by atoms with Gasteiger partial charge in [0.05, 0.1) is 6.61 Å². The third-order valence-electron chi connectivity index (χ3n) is 5.10. The summed E-state index contributed by atoms with van der Waals surface area (Å²) in [5.74, 6) is 0.840. The molecule has 2 rings (SSSR count). The van der Waals surface area contributed by atoms with E-state index in [2.05, 4.69) is 31.1 Å². The molecule has 0 spiro atoms. The first-order valence-electron chi connectivity index (χ1n) is 8.27. The van der Waals surface area contributed by atoms with Gasteiger partial charge in [-0.15, -0.1) is 0 Å². The first-order chi connectivity index (χ1) is 9.24. The van der Waals surface area contributed by atoms with Crippen LogP contribution in [-0.4, -0.2) is 49.8 Å². The van der Waals surface area contributed by atoms with E-state index in [1.165, 1.54) is 32.1 Å². The Kier molecular flexibility index (Phi) is 6.11. The monoisotopic (exact) mass is 268 g/mol. The van der Waals surface area contributed by atoms with Gasteiger partial charge in [-0.2, -0.15) is 0 Å². The summed E-state index contributed by atoms with van der Waals surface area (Å²) in [5.41, 5.74) is 0. The van der Waals surface area contributed by atoms with E-state index in [1.54, 1.807) is 0 Å². The van der Waals surface area contributed by atoms with Crippen LogP contribution in [0.4, 0.5) is 0 Å². The number of nitrogens with one attached hydrogen (secondary N) is 1. The molecule has 3 heteroatoms. The Balaban J connectivity index is 1.95. The maximum absolute atomic E-state index is 5.76. The predicted molar refractivity (Wildman–Crippen MR) is 80.5 cm³/mol. The van der Waals surface area contributed by atoms with Crippen molar-refractivity contribution in [2.75, 3.05) is 26.8 Å². The maximum atomic E-state index is 5.76. The van der Waals surface area contributed by atoms with Crippen molar-refractivity contribution in [1.29, 1.82) is 0 Å². The van der Waals surface area contributed by atoms with Crippen LogP contribution in [0.5, 0.6) is 0 Å². The van der Waals surface area contributed by atoms with E-state index >= 15 is 0 Å². The Morgan fingerprint density at radius 1 is 1.16 bits per heavy atom. The minimum absolute atomic E-state index is 0.561. The van der Waals surface area contributed by atoms with Gasteiger partial charge in [0.1, 0.15) is 0 Å². The van der Waals surface area contributed by atoms with E-state index in [9.17, 15) is 0 Å². The Hall–Kier alpha value is -0.120. The number of hydrogen-bond acceptors (Lipinski definition) is 3. The van der Waals surface area contributed by atoms with Gasteiger partial charge in [-0.3, -0.25) is 4.90 Å². The summed E-state index contributed by atoms with van der Waals surface area (Å²) in [6.45, 7) is 7.63. The quantitative estimate of drug-likeness (QED) is 0.829. The molecule has 4 atom stereocenters. The minimum Gasteiger partial charge on any atom is -0.380 e. The van der Waals surface area contributed by atoms with Gasteiger partial charge in [0.15, 0.2) is 0 Å². The first-order valence-corrected chi connectivity index (χ1v) is 8.27. The highest BCUT2D eigenvalue weighted by Crippen LogP contribution is 2.30. The molecule has 2 fully saturated rings. The molecule has 1 saturated heterocycles. The Labute approximate surface area is 119 Å². The third kappa shape index (κ3) is 3.93. The lowest BCUT2D eigenvalue weighted by Gasteiger charge is -2.45. The van der Waals surface area contributed by atoms with Crippen molar-refractivity contribution < 1.29 is 4.74 Å². The Morgan fingerprint density at radius 2 is 1.95 bits per heavy atom. The summed E-state index contributed by atoms with van der Waals surface area (Å²) in [6, 6.07) is 1.94. The average Bonchev–Trinajstić information content (AvgIpc) is 2.45. The Morgan fingerprint density at radius 3 is 2.68 bits per heavy atom. The summed E-state index contributed by atoms with van der Waals surface area (Å²) in [6.07, 6.45) is 7.97. The van der Waals surface area contributed by atoms with Crippen molar-refractivity contribution >= 4 is 0 Å². The molecule has 1 saturated carbocycles. The summed E-state index contributed by atoms with van der Waals surface area (Å²) in [4.78, 5) is 2.64. The molecule has 1 aliphatic heterocycles. The van der Waals surface area contributed by atoms with Gasteiger partial charge in [0, 0.05) is 24.7 Å². The van der Waals surface area contributed by atoms with E-state index in [1.807, 2.05) is 0 Å². The molecule has 0 bridgehead atoms. The molecule has 0 aromatic carbocycles. The van der Waals surface area contributed by atoms with Crippen LogP contribution in [0.25, 0.3) is 0 Å². The van der Waals surface area contributed by atoms with Crippen LogP contribution in [0.3, 0.4) is 0 Å². The molecule has 0 radical (unpaired) electrons. The molecule has 19 heavy (non-hydrogen) atoms. The molecule has 1 heterocycles. The molecule has 2 aliphatic rings. The minimum atomic E-state index is 0.561. The molecule has 1 N–H and O–H groups in total. The third-order valence-corrected chi connectivity index (χ3v) is 5.10. The van der Waals surface area contributed by atoms with Crippen molar-refractivity contribution in [3.8, 4) is 0 Å². The van der Waals surface area contributed by atoms with Crippen molar-refractivity contribution in [2.24, 2.45) is 5.92 Å². The summed E-state index contributed by atoms with van der Waals surface area (Å²) >= 11 is 0. The average molecular weight is 268 g/mol. The van der Waals surface area contributed by atoms with Gasteiger partial charge in [0.2, 0.25) is 0 Å². The fraction of sp³-hybridized carbons (Fsp3) is 1.00. The highest BCUT2D eigenvalue weighted by molar-refractivity contribution is 4.91. The largest absolute Gasteiger partial charge is 0.380 e. The number of nitrogens with zero attached hydrogens (tertiary/aromatic N) is 1. The summed E-state index contributed by atoms with van der Waals surface area (Å²) in [7, 11) is 2.33. The van der Waals surface area contributed by atoms with E-state index in [0.717, 1.165) is 38.1 Å². The number of ether oxygens (including phenoxy) is 1. The normalized spacial score (nSPS) is 36.6. The first kappa shape index (κ1) is 15.3. The second kappa shape index (κ2) is 7.61. The lowest BCUT2D eigenvalue weighted by Crippen LogP contribution is -2.58. The molecule has 0 amide bonds. The second-order valence-electron chi connectivity index (χ2n) is 6.49. The summed E-state index contributed by atoms with van der Waals surface area (Å²) < 4.78 is 5.76. The fourth-order valence-corrected chi connectivity index (χ4v) is 3.84. The van der Waals surface area contributed by atoms with E-state index in [4.69, 9.17) is 4.74 Å². The number of rotatable bonds is 5. The number of likely N-dealkylation sites (N-methyl/N-ethyl adjacent to an activating group) is 1. The van der Waals surface area contributed by atoms with Gasteiger partial charge in [-0.25, -0.2) is 0 Å². The van der Waals surface area contributed by atoms with Crippen LogP contribution in [0.2, 0.25) is 0 Å². The van der Waals surface area contributed by atoms with Crippen LogP contribution in [-0.2, 0) is 4.74 Å². The van der Waals surface area contributed by atoms with Crippen molar-refractivity contribution in [3.05, 3.63) is 0 Å². The molecule has 112 valence electrons. The highest BCUT2D eigenvalue weighted by atomic mass is 16.5. The lowest BCUT2D eigenvalue weighted by molar-refractivity contribution is -0.0233. The van der Waals surface area contributed by atoms with Crippen LogP contribution in [0, 0.1) is 5.92 Å². The van der Waals surface area contributed by atoms with Crippen LogP contribution >= 0.6 is 0 Å². The van der Waals surface area contributed by atoms with Crippen molar-refractivity contribution in [1.82, 2.24) is 10.2 Å². The van der Waals surface area contributed by atoms with Crippen LogP contribution in [0.1, 0.15) is 52.4 Å². The highest BCUT2D eigenvalue weighted by Gasteiger charge is 2.34. The Bertz CT molecular complexity index is 259. The van der Waals surface area contributed by atoms with E-state index in [0.29, 0.717) is 12.1 Å². The SMILES string of the molecule is CCCNC1CCOCC1N(C)C1CCCCC1C. The molecular formula is C16H32N2O. The van der Waals surface area contributed by atoms with Crippen molar-refractivity contribution in [3.63, 3.8) is 0 Å². The fourth-order valence-electron chi connectivity index (χ4n) is 3.84. The summed E-state index contributed by atoms with van der Waals surface area (Å²) in [5, 5.41) is 3.73. The standard InChI is InChI=1S/C16H32N2O/c1-4-10-17-14-9-11-19-12-16(14)18(3)15-8-6-5-7-13(15)2/h13-17H,4-12H2,1-3H3. The van der Waals surface area contributed by atoms with Gasteiger partial charge in [-0.05, 0) is 45.2 Å². The molecule has 0 aromatic heterocycles. The van der Waals surface area contributed by atoms with Gasteiger partial charge >= 0.3 is 0 Å². The van der Waals surface area contributed by atoms with E-state index in [-0.39, 0.29) is 0 Å². The van der Waals surface area contributed by atoms with Crippen LogP contribution in [0.15, 0.2) is 0 Å². The van der Waals surface area contributed by atoms with Gasteiger partial charge < -0.3 is 10.1 Å². The molecule has 0 aromatic rings.